The summed E-state index contributed by atoms with van der Waals surface area (Å²) in [6.45, 7) is 4.28. The zero-order valence-electron chi connectivity index (χ0n) is 9.74. The van der Waals surface area contributed by atoms with E-state index in [-0.39, 0.29) is 0 Å². The van der Waals surface area contributed by atoms with E-state index in [0.717, 1.165) is 18.8 Å². The summed E-state index contributed by atoms with van der Waals surface area (Å²) in [6.07, 6.45) is 2.41. The first-order valence-electron chi connectivity index (χ1n) is 5.63. The van der Waals surface area contributed by atoms with Gasteiger partial charge in [-0.15, -0.1) is 0 Å². The van der Waals surface area contributed by atoms with Gasteiger partial charge in [-0.25, -0.2) is 0 Å². The fourth-order valence-electron chi connectivity index (χ4n) is 1.66. The zero-order chi connectivity index (χ0) is 11.1. The van der Waals surface area contributed by atoms with Gasteiger partial charge in [0.25, 0.3) is 0 Å². The maximum atomic E-state index is 4.23. The highest BCUT2D eigenvalue weighted by atomic mass is 32.1. The number of benzene rings is 1. The lowest BCUT2D eigenvalue weighted by Crippen LogP contribution is -2.19. The lowest BCUT2D eigenvalue weighted by molar-refractivity contribution is 0.349. The molecule has 0 bridgehead atoms. The Bertz CT molecular complexity index is 268. The van der Waals surface area contributed by atoms with Crippen molar-refractivity contribution in [1.82, 2.24) is 4.90 Å². The minimum Gasteiger partial charge on any atom is -0.301 e. The smallest absolute Gasteiger partial charge is 0.0231 e. The first kappa shape index (κ1) is 12.6. The van der Waals surface area contributed by atoms with Crippen LogP contribution in [0.25, 0.3) is 0 Å². The Morgan fingerprint density at radius 1 is 1.13 bits per heavy atom. The number of aryl methyl sites for hydroxylation is 1. The van der Waals surface area contributed by atoms with E-state index in [1.807, 2.05) is 0 Å². The SMILES string of the molecule is CCCc1ccc(CN(C)CCS)cc1. The molecule has 0 unspecified atom stereocenters. The first-order valence-corrected chi connectivity index (χ1v) is 6.26. The molecule has 0 aliphatic rings. The topological polar surface area (TPSA) is 3.24 Å². The molecule has 1 aromatic carbocycles. The van der Waals surface area contributed by atoms with Crippen LogP contribution in [-0.2, 0) is 13.0 Å². The van der Waals surface area contributed by atoms with Crippen LogP contribution in [0.1, 0.15) is 24.5 Å². The first-order chi connectivity index (χ1) is 7.26. The molecule has 0 radical (unpaired) electrons. The molecule has 15 heavy (non-hydrogen) atoms. The summed E-state index contributed by atoms with van der Waals surface area (Å²) in [4.78, 5) is 2.29. The van der Waals surface area contributed by atoms with E-state index in [1.165, 1.54) is 24.0 Å². The third-order valence-electron chi connectivity index (χ3n) is 2.50. The number of hydrogen-bond acceptors (Lipinski definition) is 2. The van der Waals surface area contributed by atoms with E-state index in [1.54, 1.807) is 0 Å². The number of hydrogen-bond donors (Lipinski definition) is 1. The fourth-order valence-corrected chi connectivity index (χ4v) is 2.00. The Labute approximate surface area is 98.9 Å². The molecule has 84 valence electrons. The molecule has 0 aliphatic carbocycles. The van der Waals surface area contributed by atoms with Crippen LogP contribution in [0, 0.1) is 0 Å². The van der Waals surface area contributed by atoms with Crippen molar-refractivity contribution in [3.63, 3.8) is 0 Å². The second-order valence-corrected chi connectivity index (χ2v) is 4.48. The molecular formula is C13H21NS. The number of rotatable bonds is 6. The average Bonchev–Trinajstić information content (AvgIpc) is 2.22. The molecule has 0 aliphatic heterocycles. The summed E-state index contributed by atoms with van der Waals surface area (Å²) in [7, 11) is 2.14. The van der Waals surface area contributed by atoms with Gasteiger partial charge in [0.2, 0.25) is 0 Å². The highest BCUT2D eigenvalue weighted by Gasteiger charge is 1.99. The van der Waals surface area contributed by atoms with E-state index < -0.39 is 0 Å². The van der Waals surface area contributed by atoms with Gasteiger partial charge in [-0.05, 0) is 24.6 Å². The summed E-state index contributed by atoms with van der Waals surface area (Å²) in [5, 5.41) is 0. The molecule has 0 heterocycles. The lowest BCUT2D eigenvalue weighted by atomic mass is 10.1. The van der Waals surface area contributed by atoms with Crippen LogP contribution in [0.4, 0.5) is 0 Å². The van der Waals surface area contributed by atoms with Gasteiger partial charge < -0.3 is 4.90 Å². The van der Waals surface area contributed by atoms with E-state index in [9.17, 15) is 0 Å². The van der Waals surface area contributed by atoms with Crippen LogP contribution in [0.2, 0.25) is 0 Å². The van der Waals surface area contributed by atoms with E-state index in [4.69, 9.17) is 0 Å². The van der Waals surface area contributed by atoms with E-state index >= 15 is 0 Å². The van der Waals surface area contributed by atoms with Gasteiger partial charge >= 0.3 is 0 Å². The van der Waals surface area contributed by atoms with Crippen LogP contribution in [0.15, 0.2) is 24.3 Å². The highest BCUT2D eigenvalue weighted by molar-refractivity contribution is 7.80. The minimum atomic E-state index is 0.921. The van der Waals surface area contributed by atoms with Gasteiger partial charge in [0, 0.05) is 18.8 Å². The zero-order valence-corrected chi connectivity index (χ0v) is 10.6. The molecule has 0 saturated carbocycles. The summed E-state index contributed by atoms with van der Waals surface area (Å²) in [6, 6.07) is 8.96. The molecule has 1 nitrogen and oxygen atoms in total. The molecule has 0 N–H and O–H groups in total. The molecule has 0 aromatic heterocycles. The second-order valence-electron chi connectivity index (χ2n) is 4.03. The Morgan fingerprint density at radius 3 is 2.27 bits per heavy atom. The third kappa shape index (κ3) is 4.72. The van der Waals surface area contributed by atoms with Crippen molar-refractivity contribution in [3.8, 4) is 0 Å². The van der Waals surface area contributed by atoms with Crippen molar-refractivity contribution >= 4 is 12.6 Å². The van der Waals surface area contributed by atoms with E-state index in [2.05, 4.69) is 55.8 Å². The molecule has 0 atom stereocenters. The maximum Gasteiger partial charge on any atom is 0.0231 e. The number of thiol groups is 1. The van der Waals surface area contributed by atoms with Gasteiger partial charge in [0.05, 0.1) is 0 Å². The molecule has 1 aromatic rings. The van der Waals surface area contributed by atoms with Crippen molar-refractivity contribution < 1.29 is 0 Å². The summed E-state index contributed by atoms with van der Waals surface area (Å²) in [5.41, 5.74) is 2.83. The third-order valence-corrected chi connectivity index (χ3v) is 2.70. The Balaban J connectivity index is 2.48. The van der Waals surface area contributed by atoms with Crippen molar-refractivity contribution in [3.05, 3.63) is 35.4 Å². The molecule has 0 amide bonds. The Kier molecular flexibility index (Phi) is 5.81. The van der Waals surface area contributed by atoms with Gasteiger partial charge in [0.1, 0.15) is 0 Å². The minimum absolute atomic E-state index is 0.921. The largest absolute Gasteiger partial charge is 0.301 e. The predicted molar refractivity (Wildman–Crippen MR) is 70.6 cm³/mol. The van der Waals surface area contributed by atoms with Crippen LogP contribution < -0.4 is 0 Å². The average molecular weight is 223 g/mol. The van der Waals surface area contributed by atoms with Crippen LogP contribution in [-0.4, -0.2) is 24.2 Å². The van der Waals surface area contributed by atoms with Gasteiger partial charge in [-0.3, -0.25) is 0 Å². The monoisotopic (exact) mass is 223 g/mol. The maximum absolute atomic E-state index is 4.23. The van der Waals surface area contributed by atoms with E-state index in [0.29, 0.717) is 0 Å². The quantitative estimate of drug-likeness (QED) is 0.726. The molecule has 1 rings (SSSR count). The van der Waals surface area contributed by atoms with Gasteiger partial charge in [0.15, 0.2) is 0 Å². The van der Waals surface area contributed by atoms with Crippen molar-refractivity contribution in [2.75, 3.05) is 19.3 Å². The highest BCUT2D eigenvalue weighted by Crippen LogP contribution is 2.08. The van der Waals surface area contributed by atoms with Crippen molar-refractivity contribution in [1.29, 1.82) is 0 Å². The van der Waals surface area contributed by atoms with Crippen molar-refractivity contribution in [2.45, 2.75) is 26.3 Å². The second kappa shape index (κ2) is 6.91. The van der Waals surface area contributed by atoms with Crippen LogP contribution in [0.5, 0.6) is 0 Å². The van der Waals surface area contributed by atoms with Crippen LogP contribution in [0.3, 0.4) is 0 Å². The summed E-state index contributed by atoms with van der Waals surface area (Å²) in [5.74, 6) is 0.921. The molecule has 0 spiro atoms. The predicted octanol–water partition coefficient (Wildman–Crippen LogP) is 3.00. The summed E-state index contributed by atoms with van der Waals surface area (Å²) < 4.78 is 0. The molecule has 2 heteroatoms. The van der Waals surface area contributed by atoms with Gasteiger partial charge in [-0.1, -0.05) is 37.6 Å². The normalized spacial score (nSPS) is 10.9. The van der Waals surface area contributed by atoms with Crippen molar-refractivity contribution in [2.24, 2.45) is 0 Å². The number of nitrogens with zero attached hydrogens (tertiary/aromatic N) is 1. The molecule has 0 fully saturated rings. The summed E-state index contributed by atoms with van der Waals surface area (Å²) >= 11 is 4.23. The Hall–Kier alpha value is -0.470. The lowest BCUT2D eigenvalue weighted by Gasteiger charge is -2.15. The molecular weight excluding hydrogens is 202 g/mol. The van der Waals surface area contributed by atoms with Crippen LogP contribution >= 0.6 is 12.6 Å². The fraction of sp³-hybridized carbons (Fsp3) is 0.538. The van der Waals surface area contributed by atoms with Gasteiger partial charge in [-0.2, -0.15) is 12.6 Å². The standard InChI is InChI=1S/C13H21NS/c1-3-4-12-5-7-13(8-6-12)11-14(2)9-10-15/h5-8,15H,3-4,9-11H2,1-2H3. The Morgan fingerprint density at radius 2 is 1.73 bits per heavy atom. The molecule has 0 saturated heterocycles.